The van der Waals surface area contributed by atoms with Crippen LogP contribution >= 0.6 is 11.6 Å². The Morgan fingerprint density at radius 3 is 2.01 bits per heavy atom. The number of carbonyl (C=O) groups excluding carboxylic acids is 14. The second-order valence-electron chi connectivity index (χ2n) is 27.8. The number of rotatable bonds is 40. The Morgan fingerprint density at radius 1 is 0.706 bits per heavy atom. The van der Waals surface area contributed by atoms with Gasteiger partial charge in [0.15, 0.2) is 34.5 Å². The van der Waals surface area contributed by atoms with E-state index in [0.717, 1.165) is 16.3 Å². The van der Waals surface area contributed by atoms with Gasteiger partial charge in [0.05, 0.1) is 54.2 Å². The Balaban J connectivity index is 0.00000285. The summed E-state index contributed by atoms with van der Waals surface area (Å²) in [7, 11) is 0. The zero-order valence-corrected chi connectivity index (χ0v) is 65.0. The van der Waals surface area contributed by atoms with Crippen LogP contribution in [0.4, 0.5) is 17.3 Å². The van der Waals surface area contributed by atoms with Crippen LogP contribution in [0.3, 0.4) is 0 Å². The number of phenols is 1. The maximum Gasteiger partial charge on any atom is 0.373 e. The number of amides is 6. The van der Waals surface area contributed by atoms with E-state index in [1.807, 2.05) is 42.5 Å². The highest BCUT2D eigenvalue weighted by atomic mass is 35.5. The Hall–Kier alpha value is -14.5. The number of carbonyl (C=O) groups is 12. The molecule has 1 aliphatic rings. The first-order chi connectivity index (χ1) is 56.9. The number of halogens is 1. The van der Waals surface area contributed by atoms with E-state index in [9.17, 15) is 77.6 Å². The number of hydrogen-bond acceptors (Lipinski definition) is 25. The number of nitrogens with two attached hydrogens (primary N) is 2. The van der Waals surface area contributed by atoms with E-state index in [-0.39, 0.29) is 154 Å². The lowest BCUT2D eigenvalue weighted by Gasteiger charge is -2.23. The molecule has 6 amide bonds. The number of aromatic amines is 3. The van der Waals surface area contributed by atoms with Gasteiger partial charge in [-0.2, -0.15) is 29.3 Å². The maximum atomic E-state index is 14.1. The van der Waals surface area contributed by atoms with Crippen molar-refractivity contribution in [2.45, 2.75) is 122 Å². The molecule has 0 fully saturated rings. The number of hydrogen-bond donors (Lipinski definition) is 16. The molecule has 0 bridgehead atoms. The van der Waals surface area contributed by atoms with E-state index in [0.29, 0.717) is 79.2 Å². The molecule has 0 saturated carbocycles. The average molecular weight is 1650 g/mol. The summed E-state index contributed by atoms with van der Waals surface area (Å²) in [6.07, 6.45) is -0.754. The van der Waals surface area contributed by atoms with Crippen molar-refractivity contribution in [1.29, 1.82) is 5.41 Å². The topological polar surface area (TPSA) is 613 Å². The van der Waals surface area contributed by atoms with E-state index >= 15 is 0 Å². The lowest BCUT2D eigenvalue weighted by molar-refractivity contribution is -0.193. The number of hydrazone groups is 1. The molecule has 0 aliphatic carbocycles. The number of nitrogens with zero attached hydrogens (tertiary/aromatic N) is 5. The molecule has 18 N–H and O–H groups in total. The summed E-state index contributed by atoms with van der Waals surface area (Å²) in [6, 6.07) is 26.8. The molecular formula is C80H85ClN18O20. The largest absolute Gasteiger partial charge is 0.507 e. The molecule has 0 saturated heterocycles. The van der Waals surface area contributed by atoms with Crippen LogP contribution < -0.4 is 59.3 Å². The minimum atomic E-state index is -1.78. The van der Waals surface area contributed by atoms with Gasteiger partial charge in [0, 0.05) is 145 Å². The van der Waals surface area contributed by atoms with E-state index in [2.05, 4.69) is 72.3 Å². The minimum Gasteiger partial charge on any atom is -0.507 e. The summed E-state index contributed by atoms with van der Waals surface area (Å²) < 4.78 is 0. The van der Waals surface area contributed by atoms with Gasteiger partial charge in [0.1, 0.15) is 17.2 Å². The third kappa shape index (κ3) is 26.0. The second kappa shape index (κ2) is 43.3. The maximum absolute atomic E-state index is 14.1. The fraction of sp³-hybridized carbons (Fsp3) is 0.325. The fourth-order valence-electron chi connectivity index (χ4n) is 13.1. The molecule has 4 aromatic heterocycles. The Kier molecular flexibility index (Phi) is 32.7. The van der Waals surface area contributed by atoms with Crippen molar-refractivity contribution in [2.75, 3.05) is 48.0 Å². The molecule has 5 atom stereocenters. The summed E-state index contributed by atoms with van der Waals surface area (Å²) in [5.41, 5.74) is 19.6. The number of nitrogens with one attached hydrogen (secondary N) is 11. The van der Waals surface area contributed by atoms with Crippen LogP contribution in [-0.4, -0.2) is 184 Å². The van der Waals surface area contributed by atoms with Gasteiger partial charge in [-0.1, -0.05) is 36.4 Å². The average Bonchev–Trinajstić information content (AvgIpc) is 1.60. The van der Waals surface area contributed by atoms with Crippen molar-refractivity contribution >= 4 is 167 Å². The number of alkyl halides is 1. The smallest absolute Gasteiger partial charge is 0.373 e. The van der Waals surface area contributed by atoms with Crippen LogP contribution in [0.2, 0.25) is 0 Å². The van der Waals surface area contributed by atoms with Crippen molar-refractivity contribution in [3.05, 3.63) is 159 Å². The van der Waals surface area contributed by atoms with Crippen molar-refractivity contribution < 1.29 is 92.0 Å². The van der Waals surface area contributed by atoms with Crippen molar-refractivity contribution in [3.8, 4) is 5.75 Å². The highest BCUT2D eigenvalue weighted by molar-refractivity contribution is 6.19. The Morgan fingerprint density at radius 2 is 1.34 bits per heavy atom. The third-order valence-electron chi connectivity index (χ3n) is 19.1. The van der Waals surface area contributed by atoms with E-state index < -0.39 is 108 Å². The lowest BCUT2D eigenvalue weighted by atomic mass is 9.92. The van der Waals surface area contributed by atoms with Gasteiger partial charge in [-0.15, -0.1) is 11.6 Å². The molecule has 5 heterocycles. The number of fused-ring (bicyclic) bond motifs is 6. The number of phenolic OH excluding ortho intramolecular Hbond substituents is 1. The predicted octanol–water partition coefficient (Wildman–Crippen LogP) is 4.42. The molecule has 39 heteroatoms. The Labute approximate surface area is 680 Å². The van der Waals surface area contributed by atoms with Crippen LogP contribution in [0.5, 0.6) is 5.75 Å². The lowest BCUT2D eigenvalue weighted by Crippen LogP contribution is -2.47. The first-order valence-electron chi connectivity index (χ1n) is 37.2. The minimum absolute atomic E-state index is 0.00582. The van der Waals surface area contributed by atoms with Gasteiger partial charge in [-0.05, 0) is 122 Å². The number of ketones is 4. The first-order valence-corrected chi connectivity index (χ1v) is 37.7. The molecule has 9 aromatic rings. The number of carboxylic acid groups (broad SMARTS) is 2. The van der Waals surface area contributed by atoms with Crippen LogP contribution in [-0.2, 0) is 81.7 Å². The van der Waals surface area contributed by atoms with Gasteiger partial charge in [0.25, 0.3) is 17.4 Å². The van der Waals surface area contributed by atoms with E-state index in [4.69, 9.17) is 47.7 Å². The summed E-state index contributed by atoms with van der Waals surface area (Å²) in [5, 5.41) is 61.0. The second-order valence-corrected chi connectivity index (χ2v) is 28.1. The number of benzene rings is 5. The molecule has 5 aromatic carbocycles. The van der Waals surface area contributed by atoms with Crippen molar-refractivity contribution in [1.82, 2.24) is 61.9 Å². The van der Waals surface area contributed by atoms with Crippen molar-refractivity contribution in [2.24, 2.45) is 22.7 Å². The van der Waals surface area contributed by atoms with Crippen LogP contribution in [0, 0.1) is 17.2 Å². The molecule has 1 aliphatic heterocycles. The molecule has 622 valence electrons. The predicted molar refractivity (Wildman–Crippen MR) is 429 cm³/mol. The standard InChI is InChI=1S/C78H85ClN18O16.2CO2/c1-40(95-96-67(105)22-18-52(98)27-42-12-19-55-46(25-42)29-57(90-55)63(101)28-43-13-20-56-47(26-43)30-59(91-56)75(111)97-39-49(35-79)69-54-9-4-3-8-53(54)62(100)34-60(69)97)11-21-65(103)86-36-48(76(112)113)32-64(102)58(33-68(106)107)92-73(109)45(7-5-24-84-77(80)81)31-61(99)41(2)88-66(104)10-6-23-83-72(108)44-14-16-50(17-15-44)85-37-51-38-87-71-70(89-51)74(110)94-78(82)93-71;2*2-1-3/h3-4,8-9,12-17,19-20,25-26,29-30,34,38,41,45,48-49,58,85,90-91,100H,5-7,10-11,18,21-24,27-28,31-33,35-37,39H2,1-2H3,(H,83,108)(H,86,103)(H,88,104)(H,92,109)(H,96,105)(H,106,107)(H,112,113)(H4,80,81,84)(H3,82,87,93,94,110);;/b95-40+;;/t41-,45+,48-,49?,58-;;/m0../s1. The summed E-state index contributed by atoms with van der Waals surface area (Å²) in [6.45, 7) is 3.03. The van der Waals surface area contributed by atoms with E-state index in [1.54, 1.807) is 65.6 Å². The van der Waals surface area contributed by atoms with Gasteiger partial charge >= 0.3 is 24.2 Å². The first kappa shape index (κ1) is 90.0. The molecule has 1 unspecified atom stereocenters. The monoisotopic (exact) mass is 1650 g/mol. The molecule has 38 nitrogen and oxygen atoms in total. The number of anilines is 3. The SMILES string of the molecule is C/C(CCC(=O)NC[C@H](CC(=O)[C@H](CC(=O)O)NC(=O)[C@H](CCCNC(=N)N)CC(=O)[C@H](C)NC(=O)CCCNC(=O)c1ccc(NCc2cnc3nc(N)[nH]c(=O)c3n2)cc1)C(=O)O)=N\NC(=O)CCC(=O)Cc1ccc2[nH]c(C(=O)Cc3ccc4[nH]c(C(=O)N5CC(CCl)c6c5cc(O)c5ccccc65)cc4c3)cc2c1.O=C=O.O=C=O. The van der Waals surface area contributed by atoms with E-state index in [1.165, 1.54) is 20.0 Å². The molecule has 10 rings (SSSR count). The molecule has 119 heavy (non-hydrogen) atoms. The quantitative estimate of drug-likeness (QED) is 0.00631. The fourth-order valence-corrected chi connectivity index (χ4v) is 13.3. The van der Waals surface area contributed by atoms with Crippen LogP contribution in [0.25, 0.3) is 43.7 Å². The number of Topliss-reactive ketones (excluding diaryl/α,β-unsaturated/α-hetero) is 4. The number of aromatic nitrogens is 6. The molecule has 0 spiro atoms. The van der Waals surface area contributed by atoms with Gasteiger partial charge in [-0.3, -0.25) is 72.7 Å². The van der Waals surface area contributed by atoms with Crippen LogP contribution in [0.15, 0.2) is 119 Å². The van der Waals surface area contributed by atoms with Crippen LogP contribution in [0.1, 0.15) is 144 Å². The Bertz CT molecular complexity index is 5500. The number of aromatic hydroxyl groups is 1. The summed E-state index contributed by atoms with van der Waals surface area (Å²) >= 11 is 6.42. The number of H-pyrrole nitrogens is 3. The number of nitrogen functional groups attached to an aromatic ring is 1. The van der Waals surface area contributed by atoms with Gasteiger partial charge in [0.2, 0.25) is 29.6 Å². The molecule has 0 radical (unpaired) electrons. The van der Waals surface area contributed by atoms with Gasteiger partial charge in [-0.25, -0.2) is 15.4 Å². The number of aliphatic carboxylic acids is 2. The third-order valence-corrected chi connectivity index (χ3v) is 19.5. The van der Waals surface area contributed by atoms with Crippen molar-refractivity contribution in [3.63, 3.8) is 0 Å². The summed E-state index contributed by atoms with van der Waals surface area (Å²) in [4.78, 5) is 226. The summed E-state index contributed by atoms with van der Waals surface area (Å²) in [5.74, 6) is -11.6. The highest BCUT2D eigenvalue weighted by Gasteiger charge is 2.37. The number of guanidine groups is 1. The highest BCUT2D eigenvalue weighted by Crippen LogP contribution is 2.46. The normalized spacial score (nSPS) is 13.1. The zero-order valence-electron chi connectivity index (χ0n) is 64.3. The zero-order chi connectivity index (χ0) is 86.6. The number of carboxylic acids is 2. The molecular weight excluding hydrogens is 1570 g/mol. The van der Waals surface area contributed by atoms with Gasteiger partial charge < -0.3 is 73.6 Å².